The molecule has 0 aromatic heterocycles. The van der Waals surface area contributed by atoms with Crippen LogP contribution in [0.3, 0.4) is 0 Å². The topological polar surface area (TPSA) is 40.5 Å². The average Bonchev–Trinajstić information content (AvgIpc) is 2.37. The smallest absolute Gasteiger partial charge is 0.425 e. The van der Waals surface area contributed by atoms with Crippen LogP contribution >= 0.6 is 116 Å². The maximum Gasteiger partial charge on any atom is 0.493 e. The molecule has 0 atom stereocenters. The second-order valence-electron chi connectivity index (χ2n) is 4.88. The summed E-state index contributed by atoms with van der Waals surface area (Å²) in [7, 11) is -2.43. The van der Waals surface area contributed by atoms with Gasteiger partial charge in [0.1, 0.15) is 0 Å². The van der Waals surface area contributed by atoms with Gasteiger partial charge in [-0.2, -0.15) is 0 Å². The van der Waals surface area contributed by atoms with Crippen molar-refractivity contribution in [1.29, 1.82) is 0 Å². The molecule has 0 spiro atoms. The van der Waals surface area contributed by atoms with Crippen molar-refractivity contribution in [2.24, 2.45) is 0 Å². The first-order valence-corrected chi connectivity index (χ1v) is 10.0. The van der Waals surface area contributed by atoms with E-state index in [1.54, 1.807) is 0 Å². The van der Waals surface area contributed by atoms with Crippen molar-refractivity contribution in [3.8, 4) is 0 Å². The van der Waals surface area contributed by atoms with E-state index in [9.17, 15) is 10.0 Å². The van der Waals surface area contributed by atoms with Crippen LogP contribution in [0.2, 0.25) is 0 Å². The van der Waals surface area contributed by atoms with Crippen LogP contribution in [0.1, 0.15) is 32.6 Å². The zero-order chi connectivity index (χ0) is 18.9. The summed E-state index contributed by atoms with van der Waals surface area (Å²) in [4.78, 5) is 0. The third-order valence-electron chi connectivity index (χ3n) is 3.09. The van der Waals surface area contributed by atoms with Gasteiger partial charge in [0, 0.05) is 0 Å². The fourth-order valence-electron chi connectivity index (χ4n) is 1.55. The molecule has 2 nitrogen and oxygen atoms in total. The normalized spacial score (nSPS) is 15.0. The van der Waals surface area contributed by atoms with Gasteiger partial charge in [-0.25, -0.2) is 0 Å². The fourth-order valence-corrected chi connectivity index (χ4v) is 4.54. The van der Waals surface area contributed by atoms with E-state index in [0.717, 1.165) is 12.8 Å². The Balaban J connectivity index is 5.77. The molecule has 23 heavy (non-hydrogen) atoms. The highest BCUT2D eigenvalue weighted by molar-refractivity contribution is 6.85. The van der Waals surface area contributed by atoms with Crippen LogP contribution in [-0.4, -0.2) is 38.7 Å². The summed E-state index contributed by atoms with van der Waals surface area (Å²) in [6.45, 7) is 1.96. The molecule has 0 aliphatic heterocycles. The van der Waals surface area contributed by atoms with E-state index in [-0.39, 0.29) is 6.42 Å². The Morgan fingerprint density at radius 2 is 1.13 bits per heavy atom. The molecular formula is C10H13BCl10O2. The van der Waals surface area contributed by atoms with E-state index in [4.69, 9.17) is 116 Å². The summed E-state index contributed by atoms with van der Waals surface area (Å²) < 4.78 is -12.2. The molecule has 0 unspecified atom stereocenters. The van der Waals surface area contributed by atoms with E-state index in [1.807, 2.05) is 6.92 Å². The van der Waals surface area contributed by atoms with Crippen molar-refractivity contribution in [3.05, 3.63) is 0 Å². The Bertz CT molecular complexity index is 399. The van der Waals surface area contributed by atoms with Crippen molar-refractivity contribution in [2.75, 3.05) is 0 Å². The van der Waals surface area contributed by atoms with E-state index in [2.05, 4.69) is 0 Å². The Morgan fingerprint density at radius 3 is 1.48 bits per heavy atom. The number of alkyl halides is 10. The van der Waals surface area contributed by atoms with Gasteiger partial charge in [0.05, 0.1) is 0 Å². The molecule has 0 aliphatic carbocycles. The molecule has 0 aromatic carbocycles. The summed E-state index contributed by atoms with van der Waals surface area (Å²) >= 11 is 60.5. The zero-order valence-electron chi connectivity index (χ0n) is 11.6. The van der Waals surface area contributed by atoms with Gasteiger partial charge >= 0.3 is 7.12 Å². The molecule has 0 fully saturated rings. The zero-order valence-corrected chi connectivity index (χ0v) is 19.1. The molecule has 13 heteroatoms. The minimum atomic E-state index is -2.68. The monoisotopic (exact) mass is 526 g/mol. The molecule has 0 aliphatic rings. The predicted molar refractivity (Wildman–Crippen MR) is 107 cm³/mol. The fraction of sp³-hybridized carbons (Fsp3) is 1.00. The lowest BCUT2D eigenvalue weighted by atomic mass is 9.80. The lowest BCUT2D eigenvalue weighted by Crippen LogP contribution is -2.66. The lowest BCUT2D eigenvalue weighted by molar-refractivity contribution is 0.378. The molecule has 0 amide bonds. The van der Waals surface area contributed by atoms with Gasteiger partial charge in [0.2, 0.25) is 0 Å². The first-order chi connectivity index (χ1) is 10.0. The van der Waals surface area contributed by atoms with Crippen LogP contribution in [0.15, 0.2) is 0 Å². The lowest BCUT2D eigenvalue weighted by Gasteiger charge is -2.49. The molecule has 0 saturated heterocycles. The van der Waals surface area contributed by atoms with E-state index >= 15 is 0 Å². The minimum absolute atomic E-state index is 0.0985. The number of rotatable bonds is 9. The largest absolute Gasteiger partial charge is 0.493 e. The highest BCUT2D eigenvalue weighted by atomic mass is 35.6. The Kier molecular flexibility index (Phi) is 10.0. The molecule has 0 aromatic rings. The Hall–Kier alpha value is 2.88. The standard InChI is InChI=1S/C10H13BCl10O2/c1-2-3-4-5-6(12,13)7(14,15)8(16,17)9(18,19)10(20,21)11(22)23/h22-23H,2-5H2,1H3. The van der Waals surface area contributed by atoms with E-state index in [1.165, 1.54) is 0 Å². The van der Waals surface area contributed by atoms with E-state index < -0.39 is 28.7 Å². The van der Waals surface area contributed by atoms with Gasteiger partial charge in [-0.1, -0.05) is 119 Å². The van der Waals surface area contributed by atoms with E-state index in [0.29, 0.717) is 6.42 Å². The van der Waals surface area contributed by atoms with Gasteiger partial charge in [0.15, 0.2) is 21.6 Å². The van der Waals surface area contributed by atoms with Crippen molar-refractivity contribution in [2.45, 2.75) is 54.2 Å². The summed E-state index contributed by atoms with van der Waals surface area (Å²) in [5.74, 6) is 0. The van der Waals surface area contributed by atoms with Crippen LogP contribution in [-0.2, 0) is 0 Å². The Morgan fingerprint density at radius 1 is 0.696 bits per heavy atom. The van der Waals surface area contributed by atoms with Crippen LogP contribution in [0.25, 0.3) is 0 Å². The molecule has 2 N–H and O–H groups in total. The number of hydrogen-bond donors (Lipinski definition) is 2. The van der Waals surface area contributed by atoms with Crippen molar-refractivity contribution >= 4 is 123 Å². The quantitative estimate of drug-likeness (QED) is 0.204. The maximum atomic E-state index is 9.27. The van der Waals surface area contributed by atoms with Gasteiger partial charge in [-0.15, -0.1) is 23.2 Å². The summed E-state index contributed by atoms with van der Waals surface area (Å²) in [5, 5.41) is 18.5. The average molecular weight is 531 g/mol. The molecule has 0 bridgehead atoms. The van der Waals surface area contributed by atoms with Gasteiger partial charge in [0.25, 0.3) is 0 Å². The second kappa shape index (κ2) is 8.92. The second-order valence-corrected chi connectivity index (χ2v) is 11.7. The molecule has 0 saturated carbocycles. The number of hydrogen-bond acceptors (Lipinski definition) is 2. The number of unbranched alkanes of at least 4 members (excludes halogenated alkanes) is 2. The summed E-state index contributed by atoms with van der Waals surface area (Å²) in [6, 6.07) is 0. The van der Waals surface area contributed by atoms with Crippen LogP contribution in [0, 0.1) is 0 Å². The predicted octanol–water partition coefficient (Wildman–Crippen LogP) is 6.45. The molecular weight excluding hydrogens is 517 g/mol. The molecule has 0 rings (SSSR count). The van der Waals surface area contributed by atoms with Gasteiger partial charge in [-0.05, 0) is 6.42 Å². The summed E-state index contributed by atoms with van der Waals surface area (Å²) in [5.41, 5.74) is 0. The summed E-state index contributed by atoms with van der Waals surface area (Å²) in [6.07, 6.45) is 2.33. The van der Waals surface area contributed by atoms with Crippen molar-refractivity contribution in [1.82, 2.24) is 0 Å². The minimum Gasteiger partial charge on any atom is -0.425 e. The third kappa shape index (κ3) is 5.03. The van der Waals surface area contributed by atoms with Gasteiger partial charge < -0.3 is 10.0 Å². The highest BCUT2D eigenvalue weighted by Gasteiger charge is 2.75. The highest BCUT2D eigenvalue weighted by Crippen LogP contribution is 2.66. The van der Waals surface area contributed by atoms with Crippen LogP contribution in [0.5, 0.6) is 0 Å². The molecule has 0 heterocycles. The van der Waals surface area contributed by atoms with Gasteiger partial charge in [-0.3, -0.25) is 0 Å². The first-order valence-electron chi connectivity index (χ1n) is 6.26. The van der Waals surface area contributed by atoms with Crippen molar-refractivity contribution in [3.63, 3.8) is 0 Å². The van der Waals surface area contributed by atoms with Crippen LogP contribution in [0.4, 0.5) is 0 Å². The Labute approximate surface area is 186 Å². The SMILES string of the molecule is CCCCCC(Cl)(Cl)C(Cl)(Cl)C(Cl)(Cl)C(Cl)(Cl)C(Cl)(Cl)B(O)O. The maximum absolute atomic E-state index is 9.27. The van der Waals surface area contributed by atoms with Crippen LogP contribution < -0.4 is 0 Å². The number of halogens is 10. The molecule has 138 valence electrons. The first kappa shape index (κ1) is 25.9. The third-order valence-corrected chi connectivity index (χ3v) is 10.0. The molecule has 0 radical (unpaired) electrons. The van der Waals surface area contributed by atoms with Crippen molar-refractivity contribution < 1.29 is 10.0 Å².